The van der Waals surface area contributed by atoms with Gasteiger partial charge >= 0.3 is 0 Å². The van der Waals surface area contributed by atoms with Crippen LogP contribution in [0.3, 0.4) is 0 Å². The summed E-state index contributed by atoms with van der Waals surface area (Å²) in [5, 5.41) is 14.3. The molecule has 1 atom stereocenters. The van der Waals surface area contributed by atoms with Crippen molar-refractivity contribution in [3.8, 4) is 11.1 Å². The fourth-order valence-electron chi connectivity index (χ4n) is 9.86. The van der Waals surface area contributed by atoms with Crippen LogP contribution in [0.1, 0.15) is 48.0 Å². The van der Waals surface area contributed by atoms with Crippen LogP contribution in [-0.2, 0) is 5.41 Å². The molecule has 3 heterocycles. The van der Waals surface area contributed by atoms with Crippen LogP contribution in [0, 0.1) is 6.92 Å². The Labute approximate surface area is 316 Å². The number of hydrogen-bond acceptors (Lipinski definition) is 3. The van der Waals surface area contributed by atoms with E-state index in [1.165, 1.54) is 91.3 Å². The summed E-state index contributed by atoms with van der Waals surface area (Å²) in [5.41, 5.74) is 13.4. The van der Waals surface area contributed by atoms with E-state index in [0.29, 0.717) is 0 Å². The first-order valence-corrected chi connectivity index (χ1v) is 19.7. The van der Waals surface area contributed by atoms with Crippen LogP contribution in [0.5, 0.6) is 0 Å². The van der Waals surface area contributed by atoms with E-state index in [2.05, 4.69) is 176 Å². The smallest absolute Gasteiger partial charge is 0.201 e. The Bertz CT molecular complexity index is 3300. The van der Waals surface area contributed by atoms with Crippen molar-refractivity contribution in [2.24, 2.45) is 4.99 Å². The highest BCUT2D eigenvalue weighted by Gasteiger charge is 2.36. The Morgan fingerprint density at radius 3 is 2.24 bits per heavy atom. The number of aromatic nitrogens is 1. The van der Waals surface area contributed by atoms with Crippen molar-refractivity contribution in [3.63, 3.8) is 0 Å². The highest BCUT2D eigenvalue weighted by molar-refractivity contribution is 7.27. The summed E-state index contributed by atoms with van der Waals surface area (Å²) < 4.78 is 5.12. The highest BCUT2D eigenvalue weighted by Crippen LogP contribution is 2.51. The molecule has 0 amide bonds. The van der Waals surface area contributed by atoms with Gasteiger partial charge in [0.15, 0.2) is 0 Å². The number of nitrogens with one attached hydrogen (secondary N) is 1. The molecule has 0 saturated carbocycles. The Morgan fingerprint density at radius 2 is 1.33 bits per heavy atom. The number of para-hydroxylation sites is 1. The number of fused-ring (bicyclic) bond motifs is 16. The minimum absolute atomic E-state index is 0.112. The summed E-state index contributed by atoms with van der Waals surface area (Å²) in [6.07, 6.45) is -0.394. The minimum Gasteiger partial charge on any atom is -0.345 e. The molecule has 2 aliphatic rings. The summed E-state index contributed by atoms with van der Waals surface area (Å²) in [6, 6.07) is 53.8. The van der Waals surface area contributed by atoms with Gasteiger partial charge in [-0.25, -0.2) is 4.99 Å². The lowest BCUT2D eigenvalue weighted by Gasteiger charge is -2.30. The zero-order valence-corrected chi connectivity index (χ0v) is 31.1. The van der Waals surface area contributed by atoms with E-state index in [0.717, 1.165) is 22.5 Å². The molecule has 4 heteroatoms. The van der Waals surface area contributed by atoms with Gasteiger partial charge in [0.1, 0.15) is 0 Å². The molecule has 0 spiro atoms. The standard InChI is InChI=1S/C50H35N3S/c1-28-13-12-19-36-42(28)44-34-17-7-10-21-40(34)53(47(44)48-43(36)35-18-8-11-22-41(35)54-48)49-51-45(37-26-23-29-14-4-5-15-31(29)46(37)52-49)30-24-25-33-32-16-6-9-20-38(32)50(2,3)39(33)27-30/h4-27,49,52H,1-3H3. The van der Waals surface area contributed by atoms with Gasteiger partial charge in [-0.15, -0.1) is 11.3 Å². The Morgan fingerprint density at radius 1 is 0.611 bits per heavy atom. The maximum atomic E-state index is 5.80. The third-order valence-electron chi connectivity index (χ3n) is 12.3. The fraction of sp³-hybridized carbons (Fsp3) is 0.100. The molecule has 0 bridgehead atoms. The third kappa shape index (κ3) is 3.88. The van der Waals surface area contributed by atoms with Crippen LogP contribution in [0.4, 0.5) is 5.69 Å². The first kappa shape index (κ1) is 30.3. The molecule has 0 fully saturated rings. The second kappa shape index (κ2) is 10.7. The van der Waals surface area contributed by atoms with Gasteiger partial charge in [-0.05, 0) is 69.1 Å². The number of aliphatic imine (C=N–C) groups is 1. The molecule has 10 aromatic rings. The van der Waals surface area contributed by atoms with E-state index in [1.54, 1.807) is 0 Å². The van der Waals surface area contributed by atoms with Crippen molar-refractivity contribution in [2.75, 3.05) is 5.32 Å². The van der Waals surface area contributed by atoms with E-state index in [4.69, 9.17) is 4.99 Å². The molecule has 0 radical (unpaired) electrons. The number of benzene rings is 8. The van der Waals surface area contributed by atoms with Crippen LogP contribution >= 0.6 is 11.3 Å². The van der Waals surface area contributed by atoms with Crippen molar-refractivity contribution in [1.82, 2.24) is 4.57 Å². The molecule has 3 nitrogen and oxygen atoms in total. The van der Waals surface area contributed by atoms with Gasteiger partial charge in [-0.2, -0.15) is 0 Å². The first-order valence-electron chi connectivity index (χ1n) is 18.8. The van der Waals surface area contributed by atoms with E-state index < -0.39 is 6.29 Å². The topological polar surface area (TPSA) is 29.3 Å². The summed E-state index contributed by atoms with van der Waals surface area (Å²) in [4.78, 5) is 5.80. The molecule has 1 unspecified atom stereocenters. The van der Waals surface area contributed by atoms with Gasteiger partial charge in [-0.1, -0.05) is 141 Å². The second-order valence-corrected chi connectivity index (χ2v) is 16.6. The van der Waals surface area contributed by atoms with Crippen molar-refractivity contribution in [3.05, 3.63) is 173 Å². The predicted octanol–water partition coefficient (Wildman–Crippen LogP) is 13.5. The normalized spacial score (nSPS) is 15.9. The first-order chi connectivity index (χ1) is 26.5. The van der Waals surface area contributed by atoms with Crippen LogP contribution < -0.4 is 5.32 Å². The average Bonchev–Trinajstić information content (AvgIpc) is 3.84. The zero-order chi connectivity index (χ0) is 35.9. The minimum atomic E-state index is -0.394. The van der Waals surface area contributed by atoms with E-state index in [1.807, 2.05) is 11.3 Å². The van der Waals surface area contributed by atoms with E-state index >= 15 is 0 Å². The van der Waals surface area contributed by atoms with Gasteiger partial charge in [0, 0.05) is 48.2 Å². The maximum Gasteiger partial charge on any atom is 0.201 e. The molecule has 2 aromatic heterocycles. The Balaban J connectivity index is 1.20. The van der Waals surface area contributed by atoms with Crippen molar-refractivity contribution >= 4 is 86.3 Å². The quantitative estimate of drug-likeness (QED) is 0.190. The Hall–Kier alpha value is -6.23. The molecule has 1 aliphatic carbocycles. The van der Waals surface area contributed by atoms with Gasteiger partial charge in [-0.3, -0.25) is 4.57 Å². The second-order valence-electron chi connectivity index (χ2n) is 15.5. The lowest BCUT2D eigenvalue weighted by Crippen LogP contribution is -2.25. The third-order valence-corrected chi connectivity index (χ3v) is 13.5. The van der Waals surface area contributed by atoms with Crippen LogP contribution in [0.25, 0.3) is 74.6 Å². The summed E-state index contributed by atoms with van der Waals surface area (Å²) in [7, 11) is 0. The van der Waals surface area contributed by atoms with E-state index in [-0.39, 0.29) is 5.41 Å². The molecule has 1 N–H and O–H groups in total. The maximum absolute atomic E-state index is 5.80. The van der Waals surface area contributed by atoms with Crippen LogP contribution in [-0.4, -0.2) is 10.3 Å². The van der Waals surface area contributed by atoms with Gasteiger partial charge < -0.3 is 5.32 Å². The molecule has 8 aromatic carbocycles. The molecule has 12 rings (SSSR count). The molecule has 0 saturated heterocycles. The van der Waals surface area contributed by atoms with Gasteiger partial charge in [0.2, 0.25) is 6.29 Å². The van der Waals surface area contributed by atoms with Crippen LogP contribution in [0.2, 0.25) is 0 Å². The number of anilines is 1. The van der Waals surface area contributed by atoms with Crippen molar-refractivity contribution < 1.29 is 0 Å². The monoisotopic (exact) mass is 709 g/mol. The predicted molar refractivity (Wildman–Crippen MR) is 231 cm³/mol. The van der Waals surface area contributed by atoms with Crippen molar-refractivity contribution in [1.29, 1.82) is 0 Å². The number of nitrogens with zero attached hydrogens (tertiary/aromatic N) is 2. The number of rotatable bonds is 2. The molecular weight excluding hydrogens is 675 g/mol. The molecule has 1 aliphatic heterocycles. The zero-order valence-electron chi connectivity index (χ0n) is 30.2. The number of thiophene rings is 1. The SMILES string of the molecule is Cc1cccc2c1c1c3ccccc3n(C3N=C(c4ccc5c(c4)C(C)(C)c4ccccc4-5)c4ccc5ccccc5c4N3)c1c1sc3ccccc3c21. The van der Waals surface area contributed by atoms with Crippen molar-refractivity contribution in [2.45, 2.75) is 32.5 Å². The van der Waals surface area contributed by atoms with E-state index in [9.17, 15) is 0 Å². The largest absolute Gasteiger partial charge is 0.345 e. The Kier molecular flexibility index (Phi) is 5.98. The summed E-state index contributed by atoms with van der Waals surface area (Å²) in [6.45, 7) is 6.98. The average molecular weight is 710 g/mol. The van der Waals surface area contributed by atoms with Gasteiger partial charge in [0.25, 0.3) is 0 Å². The lowest BCUT2D eigenvalue weighted by molar-refractivity contribution is 0.627. The summed E-state index contributed by atoms with van der Waals surface area (Å²) in [5.74, 6) is 0. The summed E-state index contributed by atoms with van der Waals surface area (Å²) >= 11 is 1.90. The lowest BCUT2D eigenvalue weighted by atomic mass is 9.81. The number of hydrogen-bond donors (Lipinski definition) is 1. The molecule has 54 heavy (non-hydrogen) atoms. The highest BCUT2D eigenvalue weighted by atomic mass is 32.1. The van der Waals surface area contributed by atoms with Crippen LogP contribution in [0.15, 0.2) is 151 Å². The molecular formula is C50H35N3S. The fourth-order valence-corrected chi connectivity index (χ4v) is 11.1. The van der Waals surface area contributed by atoms with Gasteiger partial charge in [0.05, 0.1) is 27.1 Å². The molecule has 256 valence electrons. The number of aryl methyl sites for hydroxylation is 1.